The standard InChI is InChI=1S/C9H17N2.2FH/c1-8(2)11(9(3)4)6-5-10-7-11;;/h5-9H,1-4H3;2*1H/q+1;;/p-1. The lowest BCUT2D eigenvalue weighted by Crippen LogP contribution is -3.00. The van der Waals surface area contributed by atoms with Gasteiger partial charge in [0, 0.05) is 0 Å². The van der Waals surface area contributed by atoms with Gasteiger partial charge in [0.2, 0.25) is 0 Å². The van der Waals surface area contributed by atoms with Crippen molar-refractivity contribution in [2.75, 3.05) is 0 Å². The van der Waals surface area contributed by atoms with Gasteiger partial charge >= 0.3 is 0 Å². The van der Waals surface area contributed by atoms with Gasteiger partial charge in [0.1, 0.15) is 6.20 Å². The van der Waals surface area contributed by atoms with Crippen LogP contribution in [0.25, 0.3) is 0 Å². The number of hydrogen-bond donors (Lipinski definition) is 0. The first-order valence-corrected chi connectivity index (χ1v) is 4.19. The minimum absolute atomic E-state index is 0. The normalized spacial score (nSPS) is 17.4. The molecule has 1 rings (SSSR count). The number of rotatable bonds is 2. The average Bonchev–Trinajstić information content (AvgIpc) is 2.34. The van der Waals surface area contributed by atoms with Crippen molar-refractivity contribution >= 4 is 6.34 Å². The molecule has 0 amide bonds. The summed E-state index contributed by atoms with van der Waals surface area (Å²) >= 11 is 0. The van der Waals surface area contributed by atoms with E-state index in [1.807, 2.05) is 12.5 Å². The Kier molecular flexibility index (Phi) is 5.74. The van der Waals surface area contributed by atoms with E-state index in [1.54, 1.807) is 0 Å². The van der Waals surface area contributed by atoms with Crippen molar-refractivity contribution in [2.45, 2.75) is 39.8 Å². The third kappa shape index (κ3) is 2.34. The van der Waals surface area contributed by atoms with E-state index < -0.39 is 0 Å². The number of quaternary nitrogens is 1. The molecular formula is C9H18F2N2. The largest absolute Gasteiger partial charge is 1.00 e. The van der Waals surface area contributed by atoms with Gasteiger partial charge in [0.05, 0.1) is 18.3 Å². The molecule has 0 saturated heterocycles. The van der Waals surface area contributed by atoms with Crippen LogP contribution in [0.5, 0.6) is 0 Å². The summed E-state index contributed by atoms with van der Waals surface area (Å²) in [6.45, 7) is 8.90. The topological polar surface area (TPSA) is 12.4 Å². The third-order valence-corrected chi connectivity index (χ3v) is 2.47. The molecule has 0 saturated carbocycles. The average molecular weight is 192 g/mol. The summed E-state index contributed by atoms with van der Waals surface area (Å²) in [6, 6.07) is 1.16. The first-order valence-electron chi connectivity index (χ1n) is 4.19. The van der Waals surface area contributed by atoms with Crippen LogP contribution in [0.1, 0.15) is 27.7 Å². The van der Waals surface area contributed by atoms with Crippen LogP contribution in [-0.4, -0.2) is 22.9 Å². The fourth-order valence-electron chi connectivity index (χ4n) is 1.55. The Bertz CT molecular complexity index is 176. The van der Waals surface area contributed by atoms with Gasteiger partial charge < -0.3 is 4.70 Å². The second kappa shape index (κ2) is 5.07. The summed E-state index contributed by atoms with van der Waals surface area (Å²) in [5.41, 5.74) is 0. The number of nitrogens with zero attached hydrogens (tertiary/aromatic N) is 2. The Hall–Kier alpha value is -0.770. The van der Waals surface area contributed by atoms with Gasteiger partial charge in [-0.1, -0.05) is 0 Å². The lowest BCUT2D eigenvalue weighted by molar-refractivity contribution is -0.826. The van der Waals surface area contributed by atoms with E-state index in [4.69, 9.17) is 0 Å². The van der Waals surface area contributed by atoms with E-state index >= 15 is 0 Å². The SMILES string of the molecule is CC(C)[N+]1(C(C)C)C=CN=C1.F.[F-]. The Morgan fingerprint density at radius 3 is 1.69 bits per heavy atom. The highest BCUT2D eigenvalue weighted by molar-refractivity contribution is 5.51. The highest BCUT2D eigenvalue weighted by atomic mass is 19.0. The lowest BCUT2D eigenvalue weighted by Gasteiger charge is -2.35. The summed E-state index contributed by atoms with van der Waals surface area (Å²) in [5, 5.41) is 0. The Labute approximate surface area is 78.3 Å². The zero-order valence-corrected chi connectivity index (χ0v) is 8.57. The van der Waals surface area contributed by atoms with Crippen molar-refractivity contribution in [3.63, 3.8) is 0 Å². The number of hydrogen-bond acceptors (Lipinski definition) is 1. The molecule has 1 aliphatic heterocycles. The molecule has 0 aromatic rings. The maximum atomic E-state index is 4.15. The minimum Gasteiger partial charge on any atom is -1.00 e. The highest BCUT2D eigenvalue weighted by Crippen LogP contribution is 2.21. The van der Waals surface area contributed by atoms with E-state index in [0.29, 0.717) is 12.1 Å². The van der Waals surface area contributed by atoms with E-state index in [2.05, 4.69) is 38.9 Å². The molecule has 0 aliphatic carbocycles. The molecule has 0 unspecified atom stereocenters. The van der Waals surface area contributed by atoms with Gasteiger partial charge in [-0.3, -0.25) is 4.70 Å². The van der Waals surface area contributed by atoms with Crippen LogP contribution in [0.3, 0.4) is 0 Å². The van der Waals surface area contributed by atoms with Gasteiger partial charge in [-0.2, -0.15) is 0 Å². The monoisotopic (exact) mass is 192 g/mol. The molecule has 13 heavy (non-hydrogen) atoms. The fourth-order valence-corrected chi connectivity index (χ4v) is 1.55. The molecule has 0 bridgehead atoms. The predicted octanol–water partition coefficient (Wildman–Crippen LogP) is -0.710. The van der Waals surface area contributed by atoms with Crippen molar-refractivity contribution in [1.29, 1.82) is 0 Å². The number of halogens is 2. The molecule has 0 N–H and O–H groups in total. The summed E-state index contributed by atoms with van der Waals surface area (Å²) in [7, 11) is 0. The first kappa shape index (κ1) is 14.7. The van der Waals surface area contributed by atoms with Crippen molar-refractivity contribution in [3.8, 4) is 0 Å². The molecule has 1 heterocycles. The molecule has 4 heteroatoms. The predicted molar refractivity (Wildman–Crippen MR) is 50.7 cm³/mol. The van der Waals surface area contributed by atoms with Gasteiger partial charge in [-0.15, -0.1) is 0 Å². The highest BCUT2D eigenvalue weighted by Gasteiger charge is 2.33. The van der Waals surface area contributed by atoms with Gasteiger partial charge in [-0.25, -0.2) is 9.48 Å². The Morgan fingerprint density at radius 1 is 1.08 bits per heavy atom. The second-order valence-corrected chi connectivity index (χ2v) is 3.64. The molecule has 0 aromatic heterocycles. The van der Waals surface area contributed by atoms with Crippen LogP contribution in [0.15, 0.2) is 17.4 Å². The molecule has 0 fully saturated rings. The third-order valence-electron chi connectivity index (χ3n) is 2.47. The maximum Gasteiger partial charge on any atom is 0.195 e. The maximum absolute atomic E-state index is 4.15. The van der Waals surface area contributed by atoms with Crippen LogP contribution in [0.4, 0.5) is 4.70 Å². The van der Waals surface area contributed by atoms with Crippen molar-refractivity contribution in [2.24, 2.45) is 4.99 Å². The van der Waals surface area contributed by atoms with Crippen LogP contribution < -0.4 is 4.70 Å². The van der Waals surface area contributed by atoms with E-state index in [1.165, 1.54) is 0 Å². The van der Waals surface area contributed by atoms with E-state index in [9.17, 15) is 0 Å². The zero-order valence-electron chi connectivity index (χ0n) is 8.57. The molecule has 1 aliphatic rings. The van der Waals surface area contributed by atoms with Crippen LogP contribution in [0.2, 0.25) is 0 Å². The minimum atomic E-state index is 0. The molecule has 2 nitrogen and oxygen atoms in total. The van der Waals surface area contributed by atoms with Crippen LogP contribution in [-0.2, 0) is 0 Å². The molecule has 0 radical (unpaired) electrons. The van der Waals surface area contributed by atoms with E-state index in [-0.39, 0.29) is 9.41 Å². The van der Waals surface area contributed by atoms with Gasteiger partial charge in [0.25, 0.3) is 0 Å². The fraction of sp³-hybridized carbons (Fsp3) is 0.667. The first-order chi connectivity index (χ1) is 5.09. The molecular weight excluding hydrogens is 174 g/mol. The lowest BCUT2D eigenvalue weighted by atomic mass is 10.2. The molecule has 0 aromatic carbocycles. The van der Waals surface area contributed by atoms with Gasteiger partial charge in [0.15, 0.2) is 6.34 Å². The Balaban J connectivity index is 0. The van der Waals surface area contributed by atoms with Crippen LogP contribution in [0, 0.1) is 0 Å². The molecule has 78 valence electrons. The quantitative estimate of drug-likeness (QED) is 0.513. The summed E-state index contributed by atoms with van der Waals surface area (Å²) < 4.78 is 0.889. The summed E-state index contributed by atoms with van der Waals surface area (Å²) in [6.07, 6.45) is 6.07. The smallest absolute Gasteiger partial charge is 0.195 e. The molecule has 0 atom stereocenters. The number of aliphatic imine (C=N–C) groups is 1. The Morgan fingerprint density at radius 2 is 1.54 bits per heavy atom. The van der Waals surface area contributed by atoms with Crippen molar-refractivity contribution in [3.05, 3.63) is 12.4 Å². The molecule has 0 spiro atoms. The van der Waals surface area contributed by atoms with Gasteiger partial charge in [-0.05, 0) is 27.7 Å². The summed E-state index contributed by atoms with van der Waals surface area (Å²) in [5.74, 6) is 0. The van der Waals surface area contributed by atoms with Crippen molar-refractivity contribution < 1.29 is 13.9 Å². The summed E-state index contributed by atoms with van der Waals surface area (Å²) in [4.78, 5) is 4.15. The second-order valence-electron chi connectivity index (χ2n) is 3.64. The van der Waals surface area contributed by atoms with E-state index in [0.717, 1.165) is 4.48 Å². The van der Waals surface area contributed by atoms with Crippen molar-refractivity contribution in [1.82, 2.24) is 0 Å². The zero-order chi connectivity index (χ0) is 8.48. The van der Waals surface area contributed by atoms with Crippen LogP contribution >= 0.6 is 0 Å².